The number of amides is 1. The molecule has 8 heteroatoms. The summed E-state index contributed by atoms with van der Waals surface area (Å²) in [7, 11) is 2.64. The lowest BCUT2D eigenvalue weighted by atomic mass is 10.1. The van der Waals surface area contributed by atoms with E-state index in [1.54, 1.807) is 6.07 Å². The maximum Gasteiger partial charge on any atom is 0.340 e. The Morgan fingerprint density at radius 1 is 1.04 bits per heavy atom. The van der Waals surface area contributed by atoms with Crippen molar-refractivity contribution in [2.45, 2.75) is 0 Å². The molecule has 0 radical (unpaired) electrons. The quantitative estimate of drug-likeness (QED) is 0.646. The van der Waals surface area contributed by atoms with Crippen LogP contribution in [0.3, 0.4) is 0 Å². The van der Waals surface area contributed by atoms with Crippen LogP contribution in [-0.2, 0) is 4.74 Å². The van der Waals surface area contributed by atoms with Gasteiger partial charge in [-0.1, -0.05) is 23.2 Å². The molecule has 0 aromatic heterocycles. The normalized spacial score (nSPS) is 10.2. The minimum Gasteiger partial charge on any atom is -0.497 e. The summed E-state index contributed by atoms with van der Waals surface area (Å²) in [6.45, 7) is 0. The van der Waals surface area contributed by atoms with Gasteiger partial charge in [-0.2, -0.15) is 0 Å². The maximum atomic E-state index is 13.6. The Morgan fingerprint density at radius 3 is 2.38 bits per heavy atom. The molecule has 0 aliphatic rings. The van der Waals surface area contributed by atoms with E-state index in [4.69, 9.17) is 27.9 Å². The fourth-order valence-corrected chi connectivity index (χ4v) is 2.39. The van der Waals surface area contributed by atoms with E-state index in [0.717, 1.165) is 12.1 Å². The molecule has 5 nitrogen and oxygen atoms in total. The van der Waals surface area contributed by atoms with Crippen molar-refractivity contribution in [2.24, 2.45) is 0 Å². The zero-order valence-corrected chi connectivity index (χ0v) is 14.2. The highest BCUT2D eigenvalue weighted by atomic mass is 35.5. The number of halogens is 3. The molecule has 2 aromatic rings. The van der Waals surface area contributed by atoms with Crippen LogP contribution >= 0.6 is 23.2 Å². The Kier molecular flexibility index (Phi) is 5.64. The molecule has 0 bridgehead atoms. The molecule has 0 saturated carbocycles. The SMILES string of the molecule is COC(=O)c1cc(OC)ccc1NC(=O)c1cc(F)c(Cl)cc1Cl. The number of methoxy groups -OCH3 is 2. The minimum absolute atomic E-state index is 0.0213. The van der Waals surface area contributed by atoms with Crippen LogP contribution in [0.15, 0.2) is 30.3 Å². The number of rotatable bonds is 4. The summed E-state index contributed by atoms with van der Waals surface area (Å²) in [4.78, 5) is 24.2. The van der Waals surface area contributed by atoms with Gasteiger partial charge >= 0.3 is 5.97 Å². The van der Waals surface area contributed by atoms with Gasteiger partial charge < -0.3 is 14.8 Å². The van der Waals surface area contributed by atoms with Crippen molar-refractivity contribution >= 4 is 40.8 Å². The van der Waals surface area contributed by atoms with Crippen LogP contribution in [0.5, 0.6) is 5.75 Å². The van der Waals surface area contributed by atoms with Gasteiger partial charge in [0.25, 0.3) is 5.91 Å². The minimum atomic E-state index is -0.783. The first-order chi connectivity index (χ1) is 11.4. The van der Waals surface area contributed by atoms with Gasteiger partial charge in [-0.3, -0.25) is 4.79 Å². The second-order valence-corrected chi connectivity index (χ2v) is 5.42. The van der Waals surface area contributed by atoms with Crippen molar-refractivity contribution in [3.05, 3.63) is 57.3 Å². The van der Waals surface area contributed by atoms with E-state index in [0.29, 0.717) is 5.75 Å². The van der Waals surface area contributed by atoms with Crippen molar-refractivity contribution in [1.29, 1.82) is 0 Å². The lowest BCUT2D eigenvalue weighted by molar-refractivity contribution is 0.0601. The number of carbonyl (C=O) groups excluding carboxylic acids is 2. The van der Waals surface area contributed by atoms with Gasteiger partial charge in [0.2, 0.25) is 0 Å². The molecule has 2 aromatic carbocycles. The predicted molar refractivity (Wildman–Crippen MR) is 88.7 cm³/mol. The van der Waals surface area contributed by atoms with Crippen LogP contribution in [-0.4, -0.2) is 26.1 Å². The first kappa shape index (κ1) is 18.0. The van der Waals surface area contributed by atoms with Crippen LogP contribution < -0.4 is 10.1 Å². The van der Waals surface area contributed by atoms with Crippen LogP contribution in [0.2, 0.25) is 10.0 Å². The summed E-state index contributed by atoms with van der Waals surface area (Å²) < 4.78 is 23.3. The van der Waals surface area contributed by atoms with E-state index >= 15 is 0 Å². The van der Waals surface area contributed by atoms with E-state index in [1.165, 1.54) is 26.4 Å². The number of nitrogens with one attached hydrogen (secondary N) is 1. The van der Waals surface area contributed by atoms with Crippen LogP contribution in [0.1, 0.15) is 20.7 Å². The number of carbonyl (C=O) groups is 2. The van der Waals surface area contributed by atoms with Crippen molar-refractivity contribution in [1.82, 2.24) is 0 Å². The average molecular weight is 372 g/mol. The molecule has 0 saturated heterocycles. The molecular weight excluding hydrogens is 360 g/mol. The zero-order chi connectivity index (χ0) is 17.9. The fraction of sp³-hybridized carbons (Fsp3) is 0.125. The molecular formula is C16H12Cl2FNO4. The van der Waals surface area contributed by atoms with Gasteiger partial charge in [-0.15, -0.1) is 0 Å². The Bertz CT molecular complexity index is 811. The second kappa shape index (κ2) is 7.51. The number of hydrogen-bond donors (Lipinski definition) is 1. The molecule has 0 unspecified atom stereocenters. The summed E-state index contributed by atoms with van der Waals surface area (Å²) in [5.74, 6) is -1.75. The molecule has 0 fully saturated rings. The van der Waals surface area contributed by atoms with Gasteiger partial charge in [0.1, 0.15) is 11.6 Å². The van der Waals surface area contributed by atoms with Gasteiger partial charge in [0, 0.05) is 0 Å². The number of ether oxygens (including phenoxy) is 2. The van der Waals surface area contributed by atoms with Gasteiger partial charge in [0.15, 0.2) is 0 Å². The largest absolute Gasteiger partial charge is 0.497 e. The van der Waals surface area contributed by atoms with E-state index in [9.17, 15) is 14.0 Å². The summed E-state index contributed by atoms with van der Waals surface area (Å²) in [6.07, 6.45) is 0. The first-order valence-electron chi connectivity index (χ1n) is 6.59. The first-order valence-corrected chi connectivity index (χ1v) is 7.35. The average Bonchev–Trinajstić information content (AvgIpc) is 2.57. The van der Waals surface area contributed by atoms with Crippen molar-refractivity contribution < 1.29 is 23.5 Å². The summed E-state index contributed by atoms with van der Waals surface area (Å²) in [6, 6.07) is 6.46. The number of anilines is 1. The van der Waals surface area contributed by atoms with Gasteiger partial charge in [-0.25, -0.2) is 9.18 Å². The molecule has 0 aliphatic carbocycles. The van der Waals surface area contributed by atoms with E-state index in [-0.39, 0.29) is 26.9 Å². The summed E-state index contributed by atoms with van der Waals surface area (Å²) in [5, 5.41) is 2.27. The van der Waals surface area contributed by atoms with Crippen LogP contribution in [0.4, 0.5) is 10.1 Å². The number of hydrogen-bond acceptors (Lipinski definition) is 4. The predicted octanol–water partition coefficient (Wildman–Crippen LogP) is 4.18. The molecule has 1 amide bonds. The molecule has 24 heavy (non-hydrogen) atoms. The third-order valence-corrected chi connectivity index (χ3v) is 3.74. The highest BCUT2D eigenvalue weighted by Gasteiger charge is 2.19. The highest BCUT2D eigenvalue weighted by molar-refractivity contribution is 6.37. The van der Waals surface area contributed by atoms with E-state index in [2.05, 4.69) is 10.1 Å². The van der Waals surface area contributed by atoms with Crippen LogP contribution in [0, 0.1) is 5.82 Å². The highest BCUT2D eigenvalue weighted by Crippen LogP contribution is 2.27. The molecule has 1 N–H and O–H groups in total. The lowest BCUT2D eigenvalue weighted by Gasteiger charge is -2.12. The van der Waals surface area contributed by atoms with Crippen molar-refractivity contribution in [3.8, 4) is 5.75 Å². The molecule has 0 aliphatic heterocycles. The Labute approximate surface area is 147 Å². The van der Waals surface area contributed by atoms with Crippen molar-refractivity contribution in [2.75, 3.05) is 19.5 Å². The monoisotopic (exact) mass is 371 g/mol. The topological polar surface area (TPSA) is 64.6 Å². The Morgan fingerprint density at radius 2 is 1.75 bits per heavy atom. The molecule has 0 spiro atoms. The third-order valence-electron chi connectivity index (χ3n) is 3.13. The van der Waals surface area contributed by atoms with E-state index < -0.39 is 17.7 Å². The number of esters is 1. The molecule has 126 valence electrons. The second-order valence-electron chi connectivity index (χ2n) is 4.60. The smallest absolute Gasteiger partial charge is 0.340 e. The standard InChI is InChI=1S/C16H12Cl2FNO4/c1-23-8-3-4-14(10(5-8)16(22)24-2)20-15(21)9-6-13(19)12(18)7-11(9)17/h3-7H,1-2H3,(H,20,21). The number of benzene rings is 2. The lowest BCUT2D eigenvalue weighted by Crippen LogP contribution is -2.16. The van der Waals surface area contributed by atoms with E-state index in [1.807, 2.05) is 0 Å². The molecule has 0 atom stereocenters. The summed E-state index contributed by atoms with van der Waals surface area (Å²) >= 11 is 11.5. The molecule has 2 rings (SSSR count). The Balaban J connectivity index is 2.39. The van der Waals surface area contributed by atoms with Gasteiger partial charge in [-0.05, 0) is 30.3 Å². The third kappa shape index (κ3) is 3.77. The van der Waals surface area contributed by atoms with Gasteiger partial charge in [0.05, 0.1) is 41.1 Å². The summed E-state index contributed by atoms with van der Waals surface area (Å²) in [5.41, 5.74) is 0.125. The van der Waals surface area contributed by atoms with Crippen LogP contribution in [0.25, 0.3) is 0 Å². The molecule has 0 heterocycles. The Hall–Kier alpha value is -2.31. The zero-order valence-electron chi connectivity index (χ0n) is 12.7. The fourth-order valence-electron chi connectivity index (χ4n) is 1.92. The maximum absolute atomic E-state index is 13.6. The van der Waals surface area contributed by atoms with Crippen molar-refractivity contribution in [3.63, 3.8) is 0 Å².